The monoisotopic (exact) mass is 447 g/mol. The van der Waals surface area contributed by atoms with E-state index >= 15 is 0 Å². The third-order valence-corrected chi connectivity index (χ3v) is 4.93. The Kier molecular flexibility index (Phi) is 6.02. The molecule has 0 bridgehead atoms. The number of nitrogens with zero attached hydrogens (tertiary/aromatic N) is 3. The van der Waals surface area contributed by atoms with Crippen LogP contribution in [0.25, 0.3) is 11.4 Å². The molecule has 1 aliphatic rings. The number of halogens is 3. The van der Waals surface area contributed by atoms with Gasteiger partial charge in [-0.25, -0.2) is 0 Å². The number of aromatic nitrogens is 2. The van der Waals surface area contributed by atoms with E-state index in [0.29, 0.717) is 31.2 Å². The average molecular weight is 447 g/mol. The van der Waals surface area contributed by atoms with Gasteiger partial charge in [-0.2, -0.15) is 4.98 Å². The van der Waals surface area contributed by atoms with Gasteiger partial charge in [-0.1, -0.05) is 17.3 Å². The van der Waals surface area contributed by atoms with E-state index in [0.717, 1.165) is 11.3 Å². The van der Waals surface area contributed by atoms with Gasteiger partial charge in [0.15, 0.2) is 0 Å². The average Bonchev–Trinajstić information content (AvgIpc) is 3.35. The Bertz CT molecular complexity index is 1080. The molecule has 32 heavy (non-hydrogen) atoms. The van der Waals surface area contributed by atoms with E-state index in [1.807, 2.05) is 31.2 Å². The topological polar surface area (TPSA) is 77.7 Å². The van der Waals surface area contributed by atoms with Crippen LogP contribution in [0, 0.1) is 0 Å². The Labute approximate surface area is 181 Å². The van der Waals surface area contributed by atoms with E-state index in [1.165, 1.54) is 24.3 Å². The number of amides is 1. The zero-order valence-electron chi connectivity index (χ0n) is 17.1. The lowest BCUT2D eigenvalue weighted by molar-refractivity contribution is -0.274. The van der Waals surface area contributed by atoms with Crippen LogP contribution in [0.3, 0.4) is 0 Å². The van der Waals surface area contributed by atoms with Crippen molar-refractivity contribution in [3.63, 3.8) is 0 Å². The van der Waals surface area contributed by atoms with Crippen LogP contribution in [0.4, 0.5) is 13.2 Å². The second-order valence-corrected chi connectivity index (χ2v) is 7.28. The summed E-state index contributed by atoms with van der Waals surface area (Å²) in [7, 11) is 0. The molecule has 0 saturated carbocycles. The molecule has 4 rings (SSSR count). The van der Waals surface area contributed by atoms with Crippen molar-refractivity contribution in [2.24, 2.45) is 0 Å². The largest absolute Gasteiger partial charge is 0.573 e. The van der Waals surface area contributed by atoms with Gasteiger partial charge in [0.2, 0.25) is 17.6 Å². The van der Waals surface area contributed by atoms with Crippen LogP contribution in [0.15, 0.2) is 53.1 Å². The zero-order valence-corrected chi connectivity index (χ0v) is 17.1. The highest BCUT2D eigenvalue weighted by atomic mass is 19.4. The summed E-state index contributed by atoms with van der Waals surface area (Å²) >= 11 is 0. The van der Waals surface area contributed by atoms with Gasteiger partial charge in [0, 0.05) is 25.1 Å². The Balaban J connectivity index is 1.41. The Morgan fingerprint density at radius 2 is 1.94 bits per heavy atom. The molecule has 1 aliphatic heterocycles. The van der Waals surface area contributed by atoms with Crippen LogP contribution < -0.4 is 9.47 Å². The van der Waals surface area contributed by atoms with Crippen molar-refractivity contribution in [3.05, 3.63) is 60.0 Å². The molecule has 0 radical (unpaired) electrons. The maximum atomic E-state index is 12.5. The lowest BCUT2D eigenvalue weighted by Gasteiger charge is -2.16. The van der Waals surface area contributed by atoms with Crippen molar-refractivity contribution in [3.8, 4) is 22.9 Å². The normalized spacial score (nSPS) is 16.4. The molecule has 168 valence electrons. The lowest BCUT2D eigenvalue weighted by Crippen LogP contribution is -2.24. The summed E-state index contributed by atoms with van der Waals surface area (Å²) < 4.78 is 51.6. The second-order valence-electron chi connectivity index (χ2n) is 7.28. The highest BCUT2D eigenvalue weighted by Crippen LogP contribution is 2.31. The summed E-state index contributed by atoms with van der Waals surface area (Å²) in [6.45, 7) is 3.34. The molecule has 0 N–H and O–H groups in total. The van der Waals surface area contributed by atoms with Gasteiger partial charge in [-0.3, -0.25) is 4.79 Å². The van der Waals surface area contributed by atoms with Gasteiger partial charge in [-0.05, 0) is 48.9 Å². The lowest BCUT2D eigenvalue weighted by atomic mass is 10.1. The standard InChI is InChI=1S/C22H20F3N3O4/c1-2-30-18-5-3-4-14(10-18)12-28-13-16(11-19(28)29)21-26-20(27-32-21)15-6-8-17(9-7-15)31-22(23,24)25/h3-10,16H,2,11-13H2,1H3. The van der Waals surface area contributed by atoms with Gasteiger partial charge in [0.05, 0.1) is 12.5 Å². The van der Waals surface area contributed by atoms with Gasteiger partial charge in [0.1, 0.15) is 11.5 Å². The number of hydrogen-bond donors (Lipinski definition) is 0. The summed E-state index contributed by atoms with van der Waals surface area (Å²) in [5.41, 5.74) is 1.43. The minimum Gasteiger partial charge on any atom is -0.494 e. The number of carbonyl (C=O) groups excluding carboxylic acids is 1. The summed E-state index contributed by atoms with van der Waals surface area (Å²) in [5.74, 6) is 0.678. The number of hydrogen-bond acceptors (Lipinski definition) is 6. The molecular formula is C22H20F3N3O4. The Morgan fingerprint density at radius 1 is 1.16 bits per heavy atom. The fourth-order valence-corrected chi connectivity index (χ4v) is 3.54. The van der Waals surface area contributed by atoms with E-state index in [2.05, 4.69) is 14.9 Å². The van der Waals surface area contributed by atoms with Gasteiger partial charge in [-0.15, -0.1) is 13.2 Å². The molecule has 1 atom stereocenters. The second kappa shape index (κ2) is 8.89. The summed E-state index contributed by atoms with van der Waals surface area (Å²) in [4.78, 5) is 18.6. The molecule has 10 heteroatoms. The predicted molar refractivity (Wildman–Crippen MR) is 107 cm³/mol. The van der Waals surface area contributed by atoms with Gasteiger partial charge in [0.25, 0.3) is 0 Å². The quantitative estimate of drug-likeness (QED) is 0.529. The molecule has 0 spiro atoms. The van der Waals surface area contributed by atoms with Crippen LogP contribution >= 0.6 is 0 Å². The molecule has 2 heterocycles. The van der Waals surface area contributed by atoms with Crippen molar-refractivity contribution in [1.29, 1.82) is 0 Å². The number of ether oxygens (including phenoxy) is 2. The molecule has 7 nitrogen and oxygen atoms in total. The van der Waals surface area contributed by atoms with Gasteiger partial charge < -0.3 is 18.9 Å². The van der Waals surface area contributed by atoms with Crippen LogP contribution in [0.2, 0.25) is 0 Å². The van der Waals surface area contributed by atoms with Crippen LogP contribution in [-0.4, -0.2) is 40.5 Å². The molecule has 1 fully saturated rings. The Hall–Kier alpha value is -3.56. The molecular weight excluding hydrogens is 427 g/mol. The third-order valence-electron chi connectivity index (χ3n) is 4.93. The maximum Gasteiger partial charge on any atom is 0.573 e. The highest BCUT2D eigenvalue weighted by molar-refractivity contribution is 5.79. The molecule has 1 saturated heterocycles. The Morgan fingerprint density at radius 3 is 2.66 bits per heavy atom. The summed E-state index contributed by atoms with van der Waals surface area (Å²) in [6, 6.07) is 12.8. The van der Waals surface area contributed by atoms with Crippen molar-refractivity contribution >= 4 is 5.91 Å². The zero-order chi connectivity index (χ0) is 22.7. The first-order valence-electron chi connectivity index (χ1n) is 10.00. The highest BCUT2D eigenvalue weighted by Gasteiger charge is 2.34. The van der Waals surface area contributed by atoms with Crippen molar-refractivity contribution in [2.75, 3.05) is 13.2 Å². The van der Waals surface area contributed by atoms with E-state index in [-0.39, 0.29) is 29.8 Å². The summed E-state index contributed by atoms with van der Waals surface area (Å²) in [5, 5.41) is 3.91. The molecule has 1 aromatic heterocycles. The predicted octanol–water partition coefficient (Wildman–Crippen LogP) is 4.55. The smallest absolute Gasteiger partial charge is 0.494 e. The van der Waals surface area contributed by atoms with E-state index in [4.69, 9.17) is 9.26 Å². The van der Waals surface area contributed by atoms with Crippen molar-refractivity contribution < 1.29 is 32.0 Å². The first-order valence-corrected chi connectivity index (χ1v) is 10.00. The van der Waals surface area contributed by atoms with Crippen molar-refractivity contribution in [1.82, 2.24) is 15.0 Å². The maximum absolute atomic E-state index is 12.5. The fraction of sp³-hybridized carbons (Fsp3) is 0.318. The van der Waals surface area contributed by atoms with Crippen LogP contribution in [0.1, 0.15) is 30.7 Å². The molecule has 1 amide bonds. The number of benzene rings is 2. The first kappa shape index (κ1) is 21.7. The molecule has 1 unspecified atom stereocenters. The van der Waals surface area contributed by atoms with Crippen molar-refractivity contribution in [2.45, 2.75) is 32.2 Å². The number of likely N-dealkylation sites (tertiary alicyclic amines) is 1. The number of alkyl halides is 3. The molecule has 3 aromatic rings. The van der Waals surface area contributed by atoms with Gasteiger partial charge >= 0.3 is 6.36 Å². The van der Waals surface area contributed by atoms with E-state index in [1.54, 1.807) is 4.90 Å². The summed E-state index contributed by atoms with van der Waals surface area (Å²) in [6.07, 6.45) is -4.52. The van der Waals surface area contributed by atoms with Crippen LogP contribution in [0.5, 0.6) is 11.5 Å². The first-order chi connectivity index (χ1) is 15.3. The molecule has 2 aromatic carbocycles. The van der Waals surface area contributed by atoms with E-state index in [9.17, 15) is 18.0 Å². The SMILES string of the molecule is CCOc1cccc(CN2CC(c3nc(-c4ccc(OC(F)(F)F)cc4)no3)CC2=O)c1. The molecule has 0 aliphatic carbocycles. The number of rotatable bonds is 7. The van der Waals surface area contributed by atoms with E-state index < -0.39 is 6.36 Å². The van der Waals surface area contributed by atoms with Crippen LogP contribution in [-0.2, 0) is 11.3 Å². The fourth-order valence-electron chi connectivity index (χ4n) is 3.54. The third kappa shape index (κ3) is 5.19. The minimum atomic E-state index is -4.76. The number of carbonyl (C=O) groups is 1. The minimum absolute atomic E-state index is 0.0229.